The van der Waals surface area contributed by atoms with E-state index in [9.17, 15) is 8.42 Å². The van der Waals surface area contributed by atoms with Gasteiger partial charge in [-0.2, -0.15) is 8.42 Å². The minimum Gasteiger partial charge on any atom is -0.281 e. The fourth-order valence-corrected chi connectivity index (χ4v) is 0.740. The molecule has 10 heavy (non-hydrogen) atoms. The average Bonchev–Trinajstić information content (AvgIpc) is 1.88. The van der Waals surface area contributed by atoms with Gasteiger partial charge in [0.2, 0.25) is 5.03 Å². The van der Waals surface area contributed by atoms with Gasteiger partial charge in [0.25, 0.3) is 0 Å². The lowest BCUT2D eigenvalue weighted by Crippen LogP contribution is -2.02. The Labute approximate surface area is 56.7 Å². The minimum atomic E-state index is -4.22. The second kappa shape index (κ2) is 2.27. The maximum atomic E-state index is 10.3. The van der Waals surface area contributed by atoms with Crippen molar-refractivity contribution < 1.29 is 13.0 Å². The summed E-state index contributed by atoms with van der Waals surface area (Å²) in [5.74, 6) is 0. The Morgan fingerprint density at radius 3 is 2.50 bits per heavy atom. The maximum Gasteiger partial charge on any atom is 0.314 e. The molecule has 54 valence electrons. The van der Waals surface area contributed by atoms with E-state index in [0.717, 1.165) is 12.3 Å². The van der Waals surface area contributed by atoms with Crippen molar-refractivity contribution in [2.45, 2.75) is 5.03 Å². The van der Waals surface area contributed by atoms with Crippen molar-refractivity contribution in [3.05, 3.63) is 12.3 Å². The van der Waals surface area contributed by atoms with Crippen molar-refractivity contribution in [2.75, 3.05) is 0 Å². The van der Waals surface area contributed by atoms with Crippen molar-refractivity contribution in [1.82, 2.24) is 15.4 Å². The third-order valence-corrected chi connectivity index (χ3v) is 1.49. The fraction of sp³-hybridized carbons (Fsp3) is 0. The predicted molar refractivity (Wildman–Crippen MR) is 29.6 cm³/mol. The van der Waals surface area contributed by atoms with Crippen LogP contribution in [0.4, 0.5) is 0 Å². The van der Waals surface area contributed by atoms with Crippen LogP contribution in [-0.2, 0) is 10.1 Å². The first kappa shape index (κ1) is 7.03. The standard InChI is InChI=1S/C3H3N3O3S/c7-10(8,9)3-1-2-4-6-5-3/h1-2H,(H,7,8,9). The van der Waals surface area contributed by atoms with Crippen LogP contribution in [0.25, 0.3) is 0 Å². The molecule has 0 atom stereocenters. The third-order valence-electron chi connectivity index (χ3n) is 0.743. The highest BCUT2D eigenvalue weighted by atomic mass is 32.2. The molecule has 0 saturated heterocycles. The zero-order chi connectivity index (χ0) is 7.61. The zero-order valence-electron chi connectivity index (χ0n) is 4.67. The van der Waals surface area contributed by atoms with Gasteiger partial charge in [-0.25, -0.2) is 0 Å². The molecule has 0 spiro atoms. The van der Waals surface area contributed by atoms with E-state index in [-0.39, 0.29) is 0 Å². The molecule has 0 amide bonds. The summed E-state index contributed by atoms with van der Waals surface area (Å²) in [5, 5.41) is 8.79. The summed E-state index contributed by atoms with van der Waals surface area (Å²) < 4.78 is 28.8. The van der Waals surface area contributed by atoms with E-state index < -0.39 is 15.1 Å². The fourth-order valence-electron chi connectivity index (χ4n) is 0.368. The highest BCUT2D eigenvalue weighted by Gasteiger charge is 2.09. The van der Waals surface area contributed by atoms with Crippen LogP contribution >= 0.6 is 0 Å². The summed E-state index contributed by atoms with van der Waals surface area (Å²) in [7, 11) is -4.22. The van der Waals surface area contributed by atoms with E-state index >= 15 is 0 Å². The lowest BCUT2D eigenvalue weighted by Gasteiger charge is -1.89. The number of rotatable bonds is 1. The first-order chi connectivity index (χ1) is 4.61. The molecule has 0 radical (unpaired) electrons. The van der Waals surface area contributed by atoms with Gasteiger partial charge in [0.05, 0.1) is 6.20 Å². The van der Waals surface area contributed by atoms with Crippen LogP contribution in [0.2, 0.25) is 0 Å². The maximum absolute atomic E-state index is 10.3. The first-order valence-corrected chi connectivity index (χ1v) is 3.66. The molecule has 1 aromatic heterocycles. The summed E-state index contributed by atoms with van der Waals surface area (Å²) in [5.41, 5.74) is 0. The molecular weight excluding hydrogens is 158 g/mol. The van der Waals surface area contributed by atoms with E-state index in [0.29, 0.717) is 0 Å². The van der Waals surface area contributed by atoms with Gasteiger partial charge in [-0.3, -0.25) is 4.55 Å². The molecule has 0 aliphatic rings. The molecule has 1 heterocycles. The van der Waals surface area contributed by atoms with Crippen LogP contribution in [0.3, 0.4) is 0 Å². The molecule has 0 fully saturated rings. The summed E-state index contributed by atoms with van der Waals surface area (Å²) in [6.07, 6.45) is 1.12. The Bertz CT molecular complexity index is 307. The van der Waals surface area contributed by atoms with E-state index in [1.807, 2.05) is 0 Å². The Hall–Kier alpha value is -1.08. The van der Waals surface area contributed by atoms with E-state index in [2.05, 4.69) is 15.4 Å². The van der Waals surface area contributed by atoms with Crippen LogP contribution in [0, 0.1) is 0 Å². The third kappa shape index (κ3) is 1.45. The summed E-state index contributed by atoms with van der Waals surface area (Å²) in [6, 6.07) is 1.04. The lowest BCUT2D eigenvalue weighted by molar-refractivity contribution is 0.476. The van der Waals surface area contributed by atoms with Gasteiger partial charge in [0.1, 0.15) is 0 Å². The number of nitrogens with zero attached hydrogens (tertiary/aromatic N) is 3. The van der Waals surface area contributed by atoms with Crippen LogP contribution in [0.5, 0.6) is 0 Å². The van der Waals surface area contributed by atoms with Gasteiger partial charge >= 0.3 is 10.1 Å². The Morgan fingerprint density at radius 1 is 1.50 bits per heavy atom. The molecule has 0 bridgehead atoms. The van der Waals surface area contributed by atoms with Gasteiger partial charge in [-0.1, -0.05) is 0 Å². The molecule has 0 aliphatic carbocycles. The molecule has 6 nitrogen and oxygen atoms in total. The largest absolute Gasteiger partial charge is 0.314 e. The number of hydrogen-bond acceptors (Lipinski definition) is 5. The smallest absolute Gasteiger partial charge is 0.281 e. The Kier molecular flexibility index (Phi) is 1.60. The molecule has 0 aliphatic heterocycles. The van der Waals surface area contributed by atoms with Crippen molar-refractivity contribution in [1.29, 1.82) is 0 Å². The van der Waals surface area contributed by atoms with Gasteiger partial charge < -0.3 is 0 Å². The highest BCUT2D eigenvalue weighted by molar-refractivity contribution is 7.85. The number of hydrogen-bond donors (Lipinski definition) is 1. The topological polar surface area (TPSA) is 93.0 Å². The summed E-state index contributed by atoms with van der Waals surface area (Å²) >= 11 is 0. The molecule has 0 unspecified atom stereocenters. The Morgan fingerprint density at radius 2 is 2.20 bits per heavy atom. The van der Waals surface area contributed by atoms with Crippen molar-refractivity contribution in [3.63, 3.8) is 0 Å². The van der Waals surface area contributed by atoms with Crippen LogP contribution in [-0.4, -0.2) is 28.4 Å². The second-order valence-corrected chi connectivity index (χ2v) is 2.80. The van der Waals surface area contributed by atoms with Crippen LogP contribution < -0.4 is 0 Å². The van der Waals surface area contributed by atoms with E-state index in [1.54, 1.807) is 0 Å². The second-order valence-electron chi connectivity index (χ2n) is 1.43. The molecular formula is C3H3N3O3S. The minimum absolute atomic E-state index is 0.498. The highest BCUT2D eigenvalue weighted by Crippen LogP contribution is 1.97. The lowest BCUT2D eigenvalue weighted by atomic mass is 10.7. The van der Waals surface area contributed by atoms with E-state index in [1.165, 1.54) is 0 Å². The normalized spacial score (nSPS) is 11.3. The van der Waals surface area contributed by atoms with Gasteiger partial charge in [-0.15, -0.1) is 10.2 Å². The van der Waals surface area contributed by atoms with Crippen molar-refractivity contribution >= 4 is 10.1 Å². The van der Waals surface area contributed by atoms with Crippen LogP contribution in [0.1, 0.15) is 0 Å². The van der Waals surface area contributed by atoms with Gasteiger partial charge in [0, 0.05) is 6.07 Å². The predicted octanol–water partition coefficient (Wildman–Crippen LogP) is -0.882. The molecule has 7 heteroatoms. The van der Waals surface area contributed by atoms with Crippen LogP contribution in [0.15, 0.2) is 17.3 Å². The first-order valence-electron chi connectivity index (χ1n) is 2.22. The van der Waals surface area contributed by atoms with E-state index in [4.69, 9.17) is 4.55 Å². The molecule has 1 rings (SSSR count). The quantitative estimate of drug-likeness (QED) is 0.537. The molecule has 0 aromatic carbocycles. The SMILES string of the molecule is O=S(=O)(O)c1ccnnn1. The molecule has 1 aromatic rings. The molecule has 0 saturated carbocycles. The summed E-state index contributed by atoms with van der Waals surface area (Å²) in [6.45, 7) is 0. The zero-order valence-corrected chi connectivity index (χ0v) is 5.48. The summed E-state index contributed by atoms with van der Waals surface area (Å²) in [4.78, 5) is 0. The average molecular weight is 161 g/mol. The van der Waals surface area contributed by atoms with Gasteiger partial charge in [0.15, 0.2) is 0 Å². The van der Waals surface area contributed by atoms with Crippen molar-refractivity contribution in [3.8, 4) is 0 Å². The Balaban J connectivity index is 3.22. The van der Waals surface area contributed by atoms with Crippen molar-refractivity contribution in [2.24, 2.45) is 0 Å². The molecule has 1 N–H and O–H groups in total. The number of aromatic nitrogens is 3. The monoisotopic (exact) mass is 161 g/mol. The van der Waals surface area contributed by atoms with Gasteiger partial charge in [-0.05, 0) is 5.21 Å².